The normalized spacial score (nSPS) is 26.2. The highest BCUT2D eigenvalue weighted by Crippen LogP contribution is 2.34. The van der Waals surface area contributed by atoms with Gasteiger partial charge in [0, 0.05) is 12.5 Å². The summed E-state index contributed by atoms with van der Waals surface area (Å²) in [7, 11) is 0. The molecule has 2 amide bonds. The van der Waals surface area contributed by atoms with E-state index in [1.54, 1.807) is 48.5 Å². The van der Waals surface area contributed by atoms with Gasteiger partial charge in [-0.1, -0.05) is 39.5 Å². The van der Waals surface area contributed by atoms with Gasteiger partial charge in [-0.25, -0.2) is 14.4 Å². The molecule has 0 radical (unpaired) electrons. The Morgan fingerprint density at radius 2 is 1.51 bits per heavy atom. The lowest BCUT2D eigenvalue weighted by molar-refractivity contribution is -0.164. The third-order valence-corrected chi connectivity index (χ3v) is 6.33. The van der Waals surface area contributed by atoms with Gasteiger partial charge in [0.15, 0.2) is 6.04 Å². The number of ether oxygens (including phenoxy) is 5. The predicted molar refractivity (Wildman–Crippen MR) is 139 cm³/mol. The van der Waals surface area contributed by atoms with Crippen molar-refractivity contribution in [2.75, 3.05) is 19.8 Å². The van der Waals surface area contributed by atoms with Crippen LogP contribution in [0.2, 0.25) is 0 Å². The first kappa shape index (κ1) is 31.3. The molecule has 0 N–H and O–H groups in total. The van der Waals surface area contributed by atoms with E-state index < -0.39 is 41.5 Å². The Labute approximate surface area is 222 Å². The van der Waals surface area contributed by atoms with Crippen LogP contribution in [0.25, 0.3) is 0 Å². The van der Waals surface area contributed by atoms with Crippen LogP contribution < -0.4 is 0 Å². The number of carbonyl (C=O) groups excluding carboxylic acids is 3. The smallest absolute Gasteiger partial charge is 0.420 e. The van der Waals surface area contributed by atoms with Crippen molar-refractivity contribution >= 4 is 18.2 Å². The van der Waals surface area contributed by atoms with Crippen molar-refractivity contribution < 1.29 is 38.1 Å². The average Bonchev–Trinajstić information content (AvgIpc) is 3.23. The largest absolute Gasteiger partial charge is 0.458 e. The topological polar surface area (TPSA) is 101 Å². The third-order valence-electron chi connectivity index (χ3n) is 6.33. The van der Waals surface area contributed by atoms with Crippen molar-refractivity contribution in [1.29, 1.82) is 0 Å². The maximum atomic E-state index is 13.4. The zero-order valence-corrected chi connectivity index (χ0v) is 24.3. The van der Waals surface area contributed by atoms with Crippen molar-refractivity contribution in [1.82, 2.24) is 4.90 Å². The van der Waals surface area contributed by atoms with Crippen molar-refractivity contribution in [2.24, 2.45) is 17.8 Å². The molecule has 4 atom stereocenters. The maximum absolute atomic E-state index is 13.4. The highest BCUT2D eigenvalue weighted by atomic mass is 16.6. The summed E-state index contributed by atoms with van der Waals surface area (Å²) in [6, 6.07) is -1.36. The summed E-state index contributed by atoms with van der Waals surface area (Å²) in [4.78, 5) is 40.4. The average molecular weight is 528 g/mol. The highest BCUT2D eigenvalue weighted by Gasteiger charge is 2.44. The second-order valence-electron chi connectivity index (χ2n) is 12.9. The lowest BCUT2D eigenvalue weighted by Crippen LogP contribution is -2.54. The number of imide groups is 1. The van der Waals surface area contributed by atoms with Crippen molar-refractivity contribution in [3.63, 3.8) is 0 Å². The van der Waals surface area contributed by atoms with Crippen molar-refractivity contribution in [3.8, 4) is 0 Å². The number of hydrogen-bond acceptors (Lipinski definition) is 8. The van der Waals surface area contributed by atoms with E-state index in [1.807, 2.05) is 0 Å². The third kappa shape index (κ3) is 10.4. The Balaban J connectivity index is 2.34. The molecule has 0 spiro atoms. The predicted octanol–water partition coefficient (Wildman–Crippen LogP) is 5.73. The van der Waals surface area contributed by atoms with Gasteiger partial charge in [-0.3, -0.25) is 0 Å². The lowest BCUT2D eigenvalue weighted by atomic mass is 9.87. The molecule has 37 heavy (non-hydrogen) atoms. The molecule has 1 saturated heterocycles. The minimum atomic E-state index is -1.36. The summed E-state index contributed by atoms with van der Waals surface area (Å²) in [5.74, 6) is 0.146. The van der Waals surface area contributed by atoms with E-state index in [0.717, 1.165) is 6.42 Å². The number of hydrogen-bond donors (Lipinski definition) is 0. The van der Waals surface area contributed by atoms with E-state index in [-0.39, 0.29) is 18.6 Å². The number of rotatable bonds is 6. The van der Waals surface area contributed by atoms with Crippen LogP contribution in [0.15, 0.2) is 0 Å². The summed E-state index contributed by atoms with van der Waals surface area (Å²) < 4.78 is 29.1. The molecular formula is C28H49NO8. The van der Waals surface area contributed by atoms with Crippen LogP contribution in [0.3, 0.4) is 0 Å². The molecule has 0 aromatic heterocycles. The zero-order chi connectivity index (χ0) is 28.0. The molecule has 0 aromatic carbocycles. The van der Waals surface area contributed by atoms with Gasteiger partial charge in [-0.05, 0) is 66.7 Å². The molecule has 0 unspecified atom stereocenters. The van der Waals surface area contributed by atoms with E-state index in [1.165, 1.54) is 25.7 Å². The van der Waals surface area contributed by atoms with Gasteiger partial charge in [0.25, 0.3) is 0 Å². The van der Waals surface area contributed by atoms with Crippen LogP contribution >= 0.6 is 0 Å². The first-order chi connectivity index (χ1) is 17.1. The van der Waals surface area contributed by atoms with Gasteiger partial charge in [0.1, 0.15) is 17.3 Å². The van der Waals surface area contributed by atoms with E-state index in [0.29, 0.717) is 29.9 Å². The zero-order valence-electron chi connectivity index (χ0n) is 24.3. The SMILES string of the molecule is CC(C)CO[C@@H]1[C@@H](CC2CCCC2)COC[C@H](N(C(=O)OC(C)(C)C)C(=O)OC(C)(C)C)C(=O)O[C@H]1C. The number of cyclic esters (lactones) is 1. The maximum Gasteiger partial charge on any atom is 0.420 e. The molecule has 1 saturated carbocycles. The Bertz CT molecular complexity index is 735. The fraction of sp³-hybridized carbons (Fsp3) is 0.893. The van der Waals surface area contributed by atoms with Crippen LogP contribution in [0, 0.1) is 17.8 Å². The molecule has 0 aromatic rings. The van der Waals surface area contributed by atoms with E-state index in [4.69, 9.17) is 23.7 Å². The molecule has 214 valence electrons. The van der Waals surface area contributed by atoms with Crippen LogP contribution in [0.4, 0.5) is 9.59 Å². The second-order valence-corrected chi connectivity index (χ2v) is 12.9. The molecule has 2 aliphatic rings. The van der Waals surface area contributed by atoms with Crippen LogP contribution in [-0.4, -0.2) is 72.3 Å². The Kier molecular flexibility index (Phi) is 11.2. The lowest BCUT2D eigenvalue weighted by Gasteiger charge is -2.33. The fourth-order valence-electron chi connectivity index (χ4n) is 4.79. The second kappa shape index (κ2) is 13.3. The summed E-state index contributed by atoms with van der Waals surface area (Å²) in [6.45, 7) is 16.7. The number of carbonyl (C=O) groups is 3. The first-order valence-electron chi connectivity index (χ1n) is 13.7. The Morgan fingerprint density at radius 3 is 2.00 bits per heavy atom. The number of amides is 2. The summed E-state index contributed by atoms with van der Waals surface area (Å²) in [5, 5.41) is 0. The minimum Gasteiger partial charge on any atom is -0.458 e. The van der Waals surface area contributed by atoms with Crippen molar-refractivity contribution in [2.45, 2.75) is 124 Å². The minimum absolute atomic E-state index is 0.0138. The Morgan fingerprint density at radius 1 is 0.973 bits per heavy atom. The van der Waals surface area contributed by atoms with Gasteiger partial charge < -0.3 is 23.7 Å². The molecule has 9 heteroatoms. The molecule has 2 rings (SSSR count). The van der Waals surface area contributed by atoms with Crippen molar-refractivity contribution in [3.05, 3.63) is 0 Å². The molecule has 1 aliphatic heterocycles. The number of esters is 1. The molecule has 9 nitrogen and oxygen atoms in total. The van der Waals surface area contributed by atoms with Crippen LogP contribution in [0.1, 0.15) is 94.4 Å². The molecule has 2 fully saturated rings. The first-order valence-corrected chi connectivity index (χ1v) is 13.7. The molecule has 1 aliphatic carbocycles. The quantitative estimate of drug-likeness (QED) is 0.319. The monoisotopic (exact) mass is 527 g/mol. The van der Waals surface area contributed by atoms with Gasteiger partial charge in [0.05, 0.1) is 19.3 Å². The van der Waals surface area contributed by atoms with Crippen LogP contribution in [0.5, 0.6) is 0 Å². The summed E-state index contributed by atoms with van der Waals surface area (Å²) in [6.07, 6.45) is 2.78. The van der Waals surface area contributed by atoms with E-state index >= 15 is 0 Å². The van der Waals surface area contributed by atoms with Gasteiger partial charge in [-0.2, -0.15) is 4.90 Å². The summed E-state index contributed by atoms with van der Waals surface area (Å²) >= 11 is 0. The summed E-state index contributed by atoms with van der Waals surface area (Å²) in [5.41, 5.74) is -1.79. The molecule has 0 bridgehead atoms. The fourth-order valence-corrected chi connectivity index (χ4v) is 4.79. The van der Waals surface area contributed by atoms with Gasteiger partial charge >= 0.3 is 18.2 Å². The molecular weight excluding hydrogens is 478 g/mol. The van der Waals surface area contributed by atoms with Crippen LogP contribution in [-0.2, 0) is 28.5 Å². The number of nitrogens with zero attached hydrogens (tertiary/aromatic N) is 1. The molecule has 1 heterocycles. The van der Waals surface area contributed by atoms with E-state index in [9.17, 15) is 14.4 Å². The van der Waals surface area contributed by atoms with Gasteiger partial charge in [0.2, 0.25) is 0 Å². The Hall–Kier alpha value is -1.87. The van der Waals surface area contributed by atoms with Gasteiger partial charge in [-0.15, -0.1) is 0 Å². The van der Waals surface area contributed by atoms with E-state index in [2.05, 4.69) is 13.8 Å². The highest BCUT2D eigenvalue weighted by molar-refractivity contribution is 5.94. The standard InChI is InChI=1S/C28H49NO8/c1-18(2)15-34-23-19(3)35-24(30)22(17-33-16-21(23)14-20-12-10-11-13-20)29(25(31)36-27(4,5)6)26(32)37-28(7,8)9/h18-23H,10-17H2,1-9H3/t19-,21-,22-,23-/m0/s1.